The van der Waals surface area contributed by atoms with Crippen LogP contribution in [0.25, 0.3) is 0 Å². The fourth-order valence-electron chi connectivity index (χ4n) is 11.2. The molecule has 0 rings (SSSR count). The standard InChI is InChI=1S/C73H139NO5/c1-3-5-7-9-11-13-15-17-18-19-20-21-22-26-29-32-35-38-42-45-49-53-57-61-65-71(76)70(69-75)74-72(77)66-62-58-54-50-46-43-39-36-33-30-27-24-23-25-28-31-34-37-40-44-48-52-56-60-64-68-79-73(78)67-63-59-55-51-47-41-16-14-12-10-8-6-4-2/h8,10,14,16,24,27,70-71,75-76H,3-7,9,11-13,15,17-23,25-26,28-69H2,1-2H3,(H,74,77)/b10-8-,16-14-,27-24-. The summed E-state index contributed by atoms with van der Waals surface area (Å²) >= 11 is 0. The lowest BCUT2D eigenvalue weighted by Gasteiger charge is -2.22. The number of ether oxygens (including phenoxy) is 1. The number of amides is 1. The number of hydrogen-bond acceptors (Lipinski definition) is 5. The van der Waals surface area contributed by atoms with Gasteiger partial charge >= 0.3 is 5.97 Å². The zero-order valence-corrected chi connectivity index (χ0v) is 53.4. The van der Waals surface area contributed by atoms with Crippen molar-refractivity contribution in [1.82, 2.24) is 5.32 Å². The van der Waals surface area contributed by atoms with E-state index in [9.17, 15) is 19.8 Å². The van der Waals surface area contributed by atoms with E-state index in [1.54, 1.807) is 0 Å². The molecule has 3 N–H and O–H groups in total. The highest BCUT2D eigenvalue weighted by Gasteiger charge is 2.20. The van der Waals surface area contributed by atoms with Crippen molar-refractivity contribution in [2.45, 2.75) is 405 Å². The highest BCUT2D eigenvalue weighted by molar-refractivity contribution is 5.76. The number of aliphatic hydroxyl groups excluding tert-OH is 2. The lowest BCUT2D eigenvalue weighted by molar-refractivity contribution is -0.143. The molecule has 0 bridgehead atoms. The van der Waals surface area contributed by atoms with Crippen molar-refractivity contribution in [3.8, 4) is 0 Å². The molecule has 0 aliphatic carbocycles. The van der Waals surface area contributed by atoms with Gasteiger partial charge in [0.15, 0.2) is 0 Å². The fraction of sp³-hybridized carbons (Fsp3) is 0.890. The van der Waals surface area contributed by atoms with Crippen LogP contribution in [0.4, 0.5) is 0 Å². The molecule has 79 heavy (non-hydrogen) atoms. The number of carbonyl (C=O) groups is 2. The van der Waals surface area contributed by atoms with E-state index in [0.29, 0.717) is 25.9 Å². The molecule has 0 saturated heterocycles. The van der Waals surface area contributed by atoms with Crippen LogP contribution in [-0.2, 0) is 14.3 Å². The van der Waals surface area contributed by atoms with Crippen LogP contribution in [0.2, 0.25) is 0 Å². The summed E-state index contributed by atoms with van der Waals surface area (Å²) < 4.78 is 5.47. The van der Waals surface area contributed by atoms with E-state index in [-0.39, 0.29) is 18.5 Å². The summed E-state index contributed by atoms with van der Waals surface area (Å²) in [6.45, 7) is 4.92. The van der Waals surface area contributed by atoms with Gasteiger partial charge in [-0.05, 0) is 77.0 Å². The minimum Gasteiger partial charge on any atom is -0.466 e. The highest BCUT2D eigenvalue weighted by Crippen LogP contribution is 2.19. The molecular weight excluding hydrogens is 971 g/mol. The van der Waals surface area contributed by atoms with E-state index in [4.69, 9.17) is 4.74 Å². The first-order chi connectivity index (χ1) is 39.0. The Hall–Kier alpha value is -1.92. The second-order valence-electron chi connectivity index (χ2n) is 24.6. The molecule has 466 valence electrons. The maximum Gasteiger partial charge on any atom is 0.305 e. The van der Waals surface area contributed by atoms with Crippen molar-refractivity contribution in [3.05, 3.63) is 36.5 Å². The Morgan fingerprint density at radius 1 is 0.354 bits per heavy atom. The molecule has 1 amide bonds. The van der Waals surface area contributed by atoms with E-state index >= 15 is 0 Å². The molecule has 0 aromatic heterocycles. The Bertz CT molecular complexity index is 1280. The summed E-state index contributed by atoms with van der Waals surface area (Å²) in [5, 5.41) is 23.4. The Labute approximate surface area is 494 Å². The van der Waals surface area contributed by atoms with Crippen molar-refractivity contribution in [1.29, 1.82) is 0 Å². The van der Waals surface area contributed by atoms with Gasteiger partial charge in [0.1, 0.15) is 0 Å². The van der Waals surface area contributed by atoms with Crippen LogP contribution in [0.5, 0.6) is 0 Å². The van der Waals surface area contributed by atoms with Crippen LogP contribution in [0.3, 0.4) is 0 Å². The molecule has 0 aromatic rings. The summed E-state index contributed by atoms with van der Waals surface area (Å²) in [6.07, 6.45) is 87.7. The van der Waals surface area contributed by atoms with Crippen molar-refractivity contribution in [3.63, 3.8) is 0 Å². The third-order valence-corrected chi connectivity index (χ3v) is 16.6. The number of allylic oxidation sites excluding steroid dienone is 6. The summed E-state index contributed by atoms with van der Waals surface area (Å²) in [6, 6.07) is -0.546. The van der Waals surface area contributed by atoms with Gasteiger partial charge in [-0.25, -0.2) is 0 Å². The quantitative estimate of drug-likeness (QED) is 0.0320. The largest absolute Gasteiger partial charge is 0.466 e. The van der Waals surface area contributed by atoms with Gasteiger partial charge in [-0.3, -0.25) is 9.59 Å². The van der Waals surface area contributed by atoms with E-state index < -0.39 is 12.1 Å². The predicted molar refractivity (Wildman–Crippen MR) is 347 cm³/mol. The molecule has 6 heteroatoms. The molecule has 0 aromatic carbocycles. The number of esters is 1. The third-order valence-electron chi connectivity index (χ3n) is 16.6. The number of nitrogens with one attached hydrogen (secondary N) is 1. The SMILES string of the molecule is CCC/C=C\C/C=C\CCCCCCCC(=O)OCCCCCCCCCCCCCC/C=C\CCCCCCCCCCCC(=O)NC(CO)C(O)CCCCCCCCCCCCCCCCCCCCCCCCCC. The summed E-state index contributed by atoms with van der Waals surface area (Å²) in [5.74, 6) is -0.0352. The van der Waals surface area contributed by atoms with Crippen LogP contribution in [-0.4, -0.2) is 47.4 Å². The first-order valence-electron chi connectivity index (χ1n) is 35.7. The monoisotopic (exact) mass is 1110 g/mol. The van der Waals surface area contributed by atoms with Gasteiger partial charge in [-0.15, -0.1) is 0 Å². The second kappa shape index (κ2) is 68.6. The van der Waals surface area contributed by atoms with Crippen LogP contribution in [0, 0.1) is 0 Å². The van der Waals surface area contributed by atoms with Crippen molar-refractivity contribution >= 4 is 11.9 Å². The summed E-state index contributed by atoms with van der Waals surface area (Å²) in [7, 11) is 0. The van der Waals surface area contributed by atoms with Crippen LogP contribution >= 0.6 is 0 Å². The summed E-state index contributed by atoms with van der Waals surface area (Å²) in [4.78, 5) is 24.6. The van der Waals surface area contributed by atoms with E-state index in [1.165, 1.54) is 308 Å². The molecule has 2 unspecified atom stereocenters. The molecule has 0 saturated carbocycles. The number of carbonyl (C=O) groups excluding carboxylic acids is 2. The highest BCUT2D eigenvalue weighted by atomic mass is 16.5. The maximum absolute atomic E-state index is 12.6. The molecule has 6 nitrogen and oxygen atoms in total. The number of hydrogen-bond donors (Lipinski definition) is 3. The van der Waals surface area contributed by atoms with Crippen molar-refractivity contribution < 1.29 is 24.5 Å². The molecule has 0 heterocycles. The topological polar surface area (TPSA) is 95.9 Å². The second-order valence-corrected chi connectivity index (χ2v) is 24.6. The van der Waals surface area contributed by atoms with Gasteiger partial charge in [0.25, 0.3) is 0 Å². The Morgan fingerprint density at radius 2 is 0.658 bits per heavy atom. The Morgan fingerprint density at radius 3 is 1.03 bits per heavy atom. The summed E-state index contributed by atoms with van der Waals surface area (Å²) in [5.41, 5.74) is 0. The zero-order valence-electron chi connectivity index (χ0n) is 53.4. The molecule has 0 spiro atoms. The predicted octanol–water partition coefficient (Wildman–Crippen LogP) is 23.1. The van der Waals surface area contributed by atoms with Gasteiger partial charge in [0.2, 0.25) is 5.91 Å². The molecule has 0 aliphatic rings. The molecule has 0 aliphatic heterocycles. The molecule has 2 atom stereocenters. The zero-order chi connectivity index (χ0) is 57.1. The van der Waals surface area contributed by atoms with E-state index in [2.05, 4.69) is 55.6 Å². The van der Waals surface area contributed by atoms with Crippen molar-refractivity contribution in [2.75, 3.05) is 13.2 Å². The van der Waals surface area contributed by atoms with E-state index in [1.807, 2.05) is 0 Å². The average Bonchev–Trinajstić information content (AvgIpc) is 3.45. The van der Waals surface area contributed by atoms with Crippen LogP contribution < -0.4 is 5.32 Å². The van der Waals surface area contributed by atoms with Crippen LogP contribution in [0.15, 0.2) is 36.5 Å². The lowest BCUT2D eigenvalue weighted by Crippen LogP contribution is -2.45. The normalized spacial score (nSPS) is 12.7. The van der Waals surface area contributed by atoms with Crippen LogP contribution in [0.1, 0.15) is 393 Å². The minimum absolute atomic E-state index is 0.00137. The fourth-order valence-corrected chi connectivity index (χ4v) is 11.2. The first-order valence-corrected chi connectivity index (χ1v) is 35.7. The number of aliphatic hydroxyl groups is 2. The maximum atomic E-state index is 12.6. The van der Waals surface area contributed by atoms with Gasteiger partial charge < -0.3 is 20.3 Å². The van der Waals surface area contributed by atoms with Gasteiger partial charge in [0.05, 0.1) is 25.4 Å². The molecule has 0 fully saturated rings. The third kappa shape index (κ3) is 65.1. The van der Waals surface area contributed by atoms with Gasteiger partial charge in [0, 0.05) is 12.8 Å². The lowest BCUT2D eigenvalue weighted by atomic mass is 10.0. The number of rotatable bonds is 67. The minimum atomic E-state index is -0.668. The smallest absolute Gasteiger partial charge is 0.305 e. The van der Waals surface area contributed by atoms with E-state index in [0.717, 1.165) is 51.4 Å². The Balaban J connectivity index is 3.40. The molecular formula is C73H139NO5. The average molecular weight is 1110 g/mol. The van der Waals surface area contributed by atoms with Gasteiger partial charge in [-0.1, -0.05) is 339 Å². The van der Waals surface area contributed by atoms with Gasteiger partial charge in [-0.2, -0.15) is 0 Å². The number of unbranched alkanes of at least 4 members (excludes halogenated alkanes) is 50. The Kier molecular flexibility index (Phi) is 66.9. The molecule has 0 radical (unpaired) electrons. The van der Waals surface area contributed by atoms with Crippen molar-refractivity contribution in [2.24, 2.45) is 0 Å². The first kappa shape index (κ1) is 77.1.